The van der Waals surface area contributed by atoms with E-state index in [0.29, 0.717) is 30.4 Å². The second-order valence-electron chi connectivity index (χ2n) is 6.34. The molecule has 0 N–H and O–H groups in total. The highest BCUT2D eigenvalue weighted by atomic mass is 16.6. The van der Waals surface area contributed by atoms with Crippen molar-refractivity contribution in [2.75, 3.05) is 13.2 Å². The molecule has 152 valence electrons. The van der Waals surface area contributed by atoms with Gasteiger partial charge in [-0.15, -0.1) is 0 Å². The summed E-state index contributed by atoms with van der Waals surface area (Å²) < 4.78 is 22.9. The molecule has 0 atom stereocenters. The van der Waals surface area contributed by atoms with Gasteiger partial charge in [0.2, 0.25) is 0 Å². The maximum absolute atomic E-state index is 12.2. The van der Waals surface area contributed by atoms with E-state index in [1.807, 2.05) is 60.7 Å². The molecule has 0 amide bonds. The van der Waals surface area contributed by atoms with E-state index in [1.54, 1.807) is 24.3 Å². The Morgan fingerprint density at radius 3 is 2.37 bits per heavy atom. The fraction of sp³-hybridized carbons (Fsp3) is 0.130. The molecule has 3 aromatic carbocycles. The van der Waals surface area contributed by atoms with E-state index in [0.717, 1.165) is 10.2 Å². The summed E-state index contributed by atoms with van der Waals surface area (Å²) >= 11 is 0. The molecule has 4 rings (SSSR count). The van der Waals surface area contributed by atoms with Crippen molar-refractivity contribution in [1.82, 2.24) is 9.78 Å². The van der Waals surface area contributed by atoms with E-state index in [1.165, 1.54) is 0 Å². The maximum atomic E-state index is 12.2. The van der Waals surface area contributed by atoms with Crippen LogP contribution in [0.2, 0.25) is 0 Å². The van der Waals surface area contributed by atoms with Crippen LogP contribution in [0.1, 0.15) is 5.56 Å². The van der Waals surface area contributed by atoms with Crippen LogP contribution in [0, 0.1) is 0 Å². The van der Waals surface area contributed by atoms with Gasteiger partial charge in [-0.25, -0.2) is 4.79 Å². The lowest BCUT2D eigenvalue weighted by Crippen LogP contribution is -2.13. The van der Waals surface area contributed by atoms with Crippen molar-refractivity contribution in [3.05, 3.63) is 101 Å². The number of para-hydroxylation sites is 1. The van der Waals surface area contributed by atoms with Crippen LogP contribution < -0.4 is 15.2 Å². The number of hydrogen-bond donors (Lipinski definition) is 0. The fourth-order valence-corrected chi connectivity index (χ4v) is 2.74. The third kappa shape index (κ3) is 5.15. The first-order chi connectivity index (χ1) is 14.8. The van der Waals surface area contributed by atoms with Crippen molar-refractivity contribution < 1.29 is 18.6 Å². The van der Waals surface area contributed by atoms with Gasteiger partial charge in [0.15, 0.2) is 0 Å². The highest BCUT2D eigenvalue weighted by Gasteiger charge is 2.12. The number of aromatic nitrogens is 2. The normalized spacial score (nSPS) is 10.7. The first-order valence-electron chi connectivity index (χ1n) is 9.46. The van der Waals surface area contributed by atoms with E-state index in [4.69, 9.17) is 18.6 Å². The second-order valence-corrected chi connectivity index (χ2v) is 6.34. The Balaban J connectivity index is 1.34. The van der Waals surface area contributed by atoms with Gasteiger partial charge in [-0.2, -0.15) is 4.68 Å². The Morgan fingerprint density at radius 2 is 1.57 bits per heavy atom. The largest absolute Gasteiger partial charge is 0.457 e. The third-order valence-electron chi connectivity index (χ3n) is 4.14. The summed E-state index contributed by atoms with van der Waals surface area (Å²) in [5.74, 6) is 0.624. The SMILES string of the molecule is O=c1oc(OCCOCc2ccccc2)nn1-c1cccc(Oc2ccccc2)c1. The number of benzene rings is 3. The van der Waals surface area contributed by atoms with Crippen LogP contribution in [-0.2, 0) is 11.3 Å². The molecule has 0 spiro atoms. The minimum atomic E-state index is -0.646. The van der Waals surface area contributed by atoms with Gasteiger partial charge in [0, 0.05) is 6.07 Å². The number of nitrogens with zero attached hydrogens (tertiary/aromatic N) is 2. The van der Waals surface area contributed by atoms with Gasteiger partial charge in [0.1, 0.15) is 18.1 Å². The first-order valence-corrected chi connectivity index (χ1v) is 9.46. The Morgan fingerprint density at radius 1 is 0.833 bits per heavy atom. The highest BCUT2D eigenvalue weighted by Crippen LogP contribution is 2.23. The summed E-state index contributed by atoms with van der Waals surface area (Å²) in [7, 11) is 0. The molecule has 0 saturated carbocycles. The van der Waals surface area contributed by atoms with Crippen LogP contribution in [-0.4, -0.2) is 23.0 Å². The van der Waals surface area contributed by atoms with Crippen molar-refractivity contribution in [2.24, 2.45) is 0 Å². The van der Waals surface area contributed by atoms with Crippen LogP contribution in [0.25, 0.3) is 5.69 Å². The van der Waals surface area contributed by atoms with E-state index < -0.39 is 5.76 Å². The van der Waals surface area contributed by atoms with E-state index in [9.17, 15) is 4.79 Å². The predicted molar refractivity (Wildman–Crippen MR) is 110 cm³/mol. The van der Waals surface area contributed by atoms with Crippen LogP contribution in [0.4, 0.5) is 0 Å². The van der Waals surface area contributed by atoms with Gasteiger partial charge in [-0.3, -0.25) is 0 Å². The Labute approximate surface area is 173 Å². The zero-order valence-corrected chi connectivity index (χ0v) is 16.1. The summed E-state index contributed by atoms with van der Waals surface area (Å²) in [5, 5.41) is 4.09. The number of hydrogen-bond acceptors (Lipinski definition) is 6. The summed E-state index contributed by atoms with van der Waals surface area (Å²) in [6.45, 7) is 1.03. The summed E-state index contributed by atoms with van der Waals surface area (Å²) in [4.78, 5) is 12.2. The topological polar surface area (TPSA) is 75.7 Å². The van der Waals surface area contributed by atoms with Gasteiger partial charge >= 0.3 is 11.8 Å². The van der Waals surface area contributed by atoms with Gasteiger partial charge < -0.3 is 18.6 Å². The minimum absolute atomic E-state index is 0.113. The van der Waals surface area contributed by atoms with Gasteiger partial charge in [0.05, 0.1) is 18.9 Å². The average molecular weight is 404 g/mol. The molecule has 1 aromatic heterocycles. The molecule has 0 bridgehead atoms. The third-order valence-corrected chi connectivity index (χ3v) is 4.14. The summed E-state index contributed by atoms with van der Waals surface area (Å²) in [6, 6.07) is 26.2. The van der Waals surface area contributed by atoms with Crippen LogP contribution in [0.5, 0.6) is 17.6 Å². The van der Waals surface area contributed by atoms with Gasteiger partial charge in [0.25, 0.3) is 0 Å². The average Bonchev–Trinajstić information content (AvgIpc) is 3.15. The lowest BCUT2D eigenvalue weighted by molar-refractivity contribution is 0.0776. The van der Waals surface area contributed by atoms with Crippen molar-refractivity contribution in [2.45, 2.75) is 6.61 Å². The molecule has 0 fully saturated rings. The first kappa shape index (κ1) is 19.5. The van der Waals surface area contributed by atoms with Crippen LogP contribution in [0.15, 0.2) is 94.1 Å². The Bertz CT molecular complexity index is 1120. The highest BCUT2D eigenvalue weighted by molar-refractivity contribution is 5.40. The molecular weight excluding hydrogens is 384 g/mol. The standard InChI is InChI=1S/C23H20N2O5/c26-23-25(19-10-7-13-21(16-19)29-20-11-5-2-6-12-20)24-22(30-23)28-15-14-27-17-18-8-3-1-4-9-18/h1-13,16H,14-15,17H2. The number of rotatable bonds is 9. The molecule has 0 aliphatic carbocycles. The lowest BCUT2D eigenvalue weighted by atomic mass is 10.2. The molecule has 0 radical (unpaired) electrons. The molecule has 4 aromatic rings. The summed E-state index contributed by atoms with van der Waals surface area (Å²) in [5.41, 5.74) is 1.58. The fourth-order valence-electron chi connectivity index (χ4n) is 2.74. The van der Waals surface area contributed by atoms with E-state index >= 15 is 0 Å². The van der Waals surface area contributed by atoms with Crippen LogP contribution in [0.3, 0.4) is 0 Å². The van der Waals surface area contributed by atoms with Crippen molar-refractivity contribution in [1.29, 1.82) is 0 Å². The quantitative estimate of drug-likeness (QED) is 0.389. The molecular formula is C23H20N2O5. The smallest absolute Gasteiger partial charge is 0.444 e. The molecule has 0 unspecified atom stereocenters. The number of ether oxygens (including phenoxy) is 3. The minimum Gasteiger partial charge on any atom is -0.457 e. The Kier molecular flexibility index (Phi) is 6.22. The van der Waals surface area contributed by atoms with E-state index in [2.05, 4.69) is 5.10 Å². The monoisotopic (exact) mass is 404 g/mol. The van der Waals surface area contributed by atoms with Crippen molar-refractivity contribution in [3.8, 4) is 23.3 Å². The molecule has 30 heavy (non-hydrogen) atoms. The van der Waals surface area contributed by atoms with Crippen LogP contribution >= 0.6 is 0 Å². The van der Waals surface area contributed by atoms with E-state index in [-0.39, 0.29) is 12.7 Å². The predicted octanol–water partition coefficient (Wildman–Crippen LogP) is 4.21. The molecule has 0 aliphatic heterocycles. The zero-order chi connectivity index (χ0) is 20.6. The Hall–Kier alpha value is -3.84. The zero-order valence-electron chi connectivity index (χ0n) is 16.1. The van der Waals surface area contributed by atoms with Gasteiger partial charge in [-0.05, 0) is 29.8 Å². The maximum Gasteiger partial charge on any atom is 0.444 e. The lowest BCUT2D eigenvalue weighted by Gasteiger charge is -2.06. The van der Waals surface area contributed by atoms with Crippen molar-refractivity contribution >= 4 is 0 Å². The molecule has 7 nitrogen and oxygen atoms in total. The second kappa shape index (κ2) is 9.58. The molecule has 0 saturated heterocycles. The van der Waals surface area contributed by atoms with Crippen molar-refractivity contribution in [3.63, 3.8) is 0 Å². The summed E-state index contributed by atoms with van der Waals surface area (Å²) in [6.07, 6.45) is -0.113. The molecule has 1 heterocycles. The molecule has 7 heteroatoms. The molecule has 0 aliphatic rings. The van der Waals surface area contributed by atoms with Gasteiger partial charge in [-0.1, -0.05) is 59.7 Å².